The number of ketones is 1. The van der Waals surface area contributed by atoms with Crippen molar-refractivity contribution in [3.8, 4) is 10.4 Å². The molecule has 0 spiro atoms. The van der Waals surface area contributed by atoms with Crippen LogP contribution in [0.5, 0.6) is 0 Å². The Hall–Kier alpha value is -1.39. The summed E-state index contributed by atoms with van der Waals surface area (Å²) in [6.45, 7) is 1.52. The van der Waals surface area contributed by atoms with Crippen molar-refractivity contribution in [1.82, 2.24) is 4.98 Å². The lowest BCUT2D eigenvalue weighted by atomic mass is 10.1. The maximum absolute atomic E-state index is 11.5. The highest BCUT2D eigenvalue weighted by atomic mass is 35.5. The van der Waals surface area contributed by atoms with Crippen molar-refractivity contribution < 1.29 is 4.79 Å². The van der Waals surface area contributed by atoms with E-state index in [4.69, 9.17) is 11.6 Å². The first-order chi connectivity index (χ1) is 8.11. The molecule has 17 heavy (non-hydrogen) atoms. The standard InChI is InChI=1S/C12H11ClN2OS/c1-7(16)10-11(17-12(14-2)15-10)8-3-5-9(13)6-4-8/h3-6H,1-2H3,(H,14,15). The van der Waals surface area contributed by atoms with Gasteiger partial charge in [-0.25, -0.2) is 4.98 Å². The van der Waals surface area contributed by atoms with Gasteiger partial charge in [0.25, 0.3) is 0 Å². The molecule has 0 aliphatic carbocycles. The predicted molar refractivity (Wildman–Crippen MR) is 72.1 cm³/mol. The highest BCUT2D eigenvalue weighted by Crippen LogP contribution is 2.33. The summed E-state index contributed by atoms with van der Waals surface area (Å²) in [5.74, 6) is -0.0345. The molecule has 0 aliphatic heterocycles. The minimum absolute atomic E-state index is 0.0345. The SMILES string of the molecule is CNc1nc(C(C)=O)c(-c2ccc(Cl)cc2)s1. The van der Waals surface area contributed by atoms with Crippen molar-refractivity contribution in [3.63, 3.8) is 0 Å². The largest absolute Gasteiger partial charge is 0.365 e. The van der Waals surface area contributed by atoms with Crippen LogP contribution in [0.25, 0.3) is 10.4 Å². The van der Waals surface area contributed by atoms with Gasteiger partial charge in [0.1, 0.15) is 5.69 Å². The van der Waals surface area contributed by atoms with E-state index < -0.39 is 0 Å². The highest BCUT2D eigenvalue weighted by Gasteiger charge is 2.15. The van der Waals surface area contributed by atoms with E-state index >= 15 is 0 Å². The summed E-state index contributed by atoms with van der Waals surface area (Å²) < 4.78 is 0. The van der Waals surface area contributed by atoms with E-state index in [0.717, 1.165) is 15.6 Å². The van der Waals surface area contributed by atoms with Crippen molar-refractivity contribution in [2.45, 2.75) is 6.92 Å². The molecule has 0 aliphatic rings. The van der Waals surface area contributed by atoms with Crippen LogP contribution in [0, 0.1) is 0 Å². The summed E-state index contributed by atoms with van der Waals surface area (Å²) in [6.07, 6.45) is 0. The maximum Gasteiger partial charge on any atom is 0.183 e. The zero-order chi connectivity index (χ0) is 12.4. The van der Waals surface area contributed by atoms with Gasteiger partial charge in [0.05, 0.1) is 4.88 Å². The molecule has 0 bridgehead atoms. The summed E-state index contributed by atoms with van der Waals surface area (Å²) in [5.41, 5.74) is 1.46. The number of halogens is 1. The molecule has 0 amide bonds. The lowest BCUT2D eigenvalue weighted by Gasteiger charge is -1.99. The van der Waals surface area contributed by atoms with E-state index in [1.165, 1.54) is 18.3 Å². The second-order valence-corrected chi connectivity index (χ2v) is 4.95. The minimum atomic E-state index is -0.0345. The van der Waals surface area contributed by atoms with Crippen LogP contribution >= 0.6 is 22.9 Å². The number of carbonyl (C=O) groups is 1. The van der Waals surface area contributed by atoms with Crippen LogP contribution in [0.3, 0.4) is 0 Å². The predicted octanol–water partition coefficient (Wildman–Crippen LogP) is 3.71. The monoisotopic (exact) mass is 266 g/mol. The van der Waals surface area contributed by atoms with Gasteiger partial charge in [-0.1, -0.05) is 35.1 Å². The van der Waals surface area contributed by atoms with E-state index in [1.807, 2.05) is 12.1 Å². The van der Waals surface area contributed by atoms with Crippen LogP contribution in [-0.2, 0) is 0 Å². The lowest BCUT2D eigenvalue weighted by Crippen LogP contribution is -1.95. The van der Waals surface area contributed by atoms with Gasteiger partial charge in [-0.15, -0.1) is 0 Å². The van der Waals surface area contributed by atoms with Crippen LogP contribution in [0.2, 0.25) is 5.02 Å². The number of nitrogens with one attached hydrogen (secondary N) is 1. The molecule has 2 aromatic rings. The van der Waals surface area contributed by atoms with Crippen molar-refractivity contribution in [2.24, 2.45) is 0 Å². The summed E-state index contributed by atoms with van der Waals surface area (Å²) in [5, 5.41) is 4.37. The van der Waals surface area contributed by atoms with Crippen LogP contribution in [0.4, 0.5) is 5.13 Å². The molecule has 0 saturated carbocycles. The van der Waals surface area contributed by atoms with Gasteiger partial charge in [0, 0.05) is 19.0 Å². The van der Waals surface area contributed by atoms with E-state index in [9.17, 15) is 4.79 Å². The average molecular weight is 267 g/mol. The Kier molecular flexibility index (Phi) is 3.45. The third-order valence-electron chi connectivity index (χ3n) is 2.28. The summed E-state index contributed by atoms with van der Waals surface area (Å²) >= 11 is 7.30. The molecule has 0 unspecified atom stereocenters. The molecule has 0 atom stereocenters. The Morgan fingerprint density at radius 2 is 2.00 bits per heavy atom. The van der Waals surface area contributed by atoms with Crippen molar-refractivity contribution in [2.75, 3.05) is 12.4 Å². The van der Waals surface area contributed by atoms with Gasteiger partial charge in [-0.2, -0.15) is 0 Å². The van der Waals surface area contributed by atoms with Gasteiger partial charge in [0.15, 0.2) is 10.9 Å². The number of aromatic nitrogens is 1. The van der Waals surface area contributed by atoms with Gasteiger partial charge < -0.3 is 5.32 Å². The van der Waals surface area contributed by atoms with E-state index in [1.54, 1.807) is 19.2 Å². The van der Waals surface area contributed by atoms with Gasteiger partial charge >= 0.3 is 0 Å². The smallest absolute Gasteiger partial charge is 0.183 e. The summed E-state index contributed by atoms with van der Waals surface area (Å²) in [7, 11) is 1.79. The highest BCUT2D eigenvalue weighted by molar-refractivity contribution is 7.19. The second kappa shape index (κ2) is 4.85. The van der Waals surface area contributed by atoms with Gasteiger partial charge in [-0.3, -0.25) is 4.79 Å². The zero-order valence-corrected chi connectivity index (χ0v) is 11.0. The normalized spacial score (nSPS) is 10.3. The van der Waals surface area contributed by atoms with Crippen molar-refractivity contribution >= 4 is 33.9 Å². The average Bonchev–Trinajstić information content (AvgIpc) is 2.74. The van der Waals surface area contributed by atoms with Gasteiger partial charge in [0.2, 0.25) is 0 Å². The Morgan fingerprint density at radius 3 is 2.53 bits per heavy atom. The Labute approximate surface area is 108 Å². The number of anilines is 1. The van der Waals surface area contributed by atoms with Crippen molar-refractivity contribution in [1.29, 1.82) is 0 Å². The molecule has 1 aromatic carbocycles. The molecule has 0 fully saturated rings. The lowest BCUT2D eigenvalue weighted by molar-refractivity contribution is 0.101. The van der Waals surface area contributed by atoms with Crippen LogP contribution in [-0.4, -0.2) is 17.8 Å². The minimum Gasteiger partial charge on any atom is -0.365 e. The Bertz CT molecular complexity index is 548. The molecule has 5 heteroatoms. The first-order valence-corrected chi connectivity index (χ1v) is 6.26. The molecule has 0 saturated heterocycles. The number of nitrogens with zero attached hydrogens (tertiary/aromatic N) is 1. The number of hydrogen-bond donors (Lipinski definition) is 1. The van der Waals surface area contributed by atoms with E-state index in [2.05, 4.69) is 10.3 Å². The van der Waals surface area contributed by atoms with Crippen LogP contribution in [0.15, 0.2) is 24.3 Å². The van der Waals surface area contributed by atoms with Crippen LogP contribution in [0.1, 0.15) is 17.4 Å². The Balaban J connectivity index is 2.53. The molecule has 1 aromatic heterocycles. The molecule has 1 heterocycles. The fourth-order valence-electron chi connectivity index (χ4n) is 1.46. The van der Waals surface area contributed by atoms with Gasteiger partial charge in [-0.05, 0) is 17.7 Å². The van der Waals surface area contributed by atoms with Crippen molar-refractivity contribution in [3.05, 3.63) is 35.0 Å². The zero-order valence-electron chi connectivity index (χ0n) is 9.45. The fraction of sp³-hybridized carbons (Fsp3) is 0.167. The summed E-state index contributed by atoms with van der Waals surface area (Å²) in [6, 6.07) is 7.39. The molecular formula is C12H11ClN2OS. The number of rotatable bonds is 3. The number of Topliss-reactive ketones (excluding diaryl/α,β-unsaturated/α-hetero) is 1. The molecule has 2 rings (SSSR count). The van der Waals surface area contributed by atoms with Crippen LogP contribution < -0.4 is 5.32 Å². The maximum atomic E-state index is 11.5. The fourth-order valence-corrected chi connectivity index (χ4v) is 2.56. The third kappa shape index (κ3) is 2.48. The number of carbonyl (C=O) groups excluding carboxylic acids is 1. The topological polar surface area (TPSA) is 42.0 Å². The molecular weight excluding hydrogens is 256 g/mol. The number of benzene rings is 1. The third-order valence-corrected chi connectivity index (χ3v) is 3.65. The molecule has 88 valence electrons. The number of thiazole rings is 1. The molecule has 3 nitrogen and oxygen atoms in total. The molecule has 0 radical (unpaired) electrons. The Morgan fingerprint density at radius 1 is 1.35 bits per heavy atom. The molecule has 1 N–H and O–H groups in total. The summed E-state index contributed by atoms with van der Waals surface area (Å²) in [4.78, 5) is 16.7. The van der Waals surface area contributed by atoms with E-state index in [0.29, 0.717) is 10.7 Å². The first-order valence-electron chi connectivity index (χ1n) is 5.07. The van der Waals surface area contributed by atoms with E-state index in [-0.39, 0.29) is 5.78 Å². The number of hydrogen-bond acceptors (Lipinski definition) is 4. The second-order valence-electron chi connectivity index (χ2n) is 3.51. The first kappa shape index (κ1) is 12.1. The quantitative estimate of drug-likeness (QED) is 0.861.